The quantitative estimate of drug-likeness (QED) is 0.190. The summed E-state index contributed by atoms with van der Waals surface area (Å²) in [6, 6.07) is 17.0. The first kappa shape index (κ1) is 42.5. The lowest BCUT2D eigenvalue weighted by Gasteiger charge is -2.27. The van der Waals surface area contributed by atoms with Gasteiger partial charge in [-0.2, -0.15) is 12.9 Å². The highest BCUT2D eigenvalue weighted by atomic mass is 32.2. The van der Waals surface area contributed by atoms with Gasteiger partial charge < -0.3 is 16.0 Å². The van der Waals surface area contributed by atoms with Gasteiger partial charge in [0.15, 0.2) is 0 Å². The first-order chi connectivity index (χ1) is 25.0. The molecule has 0 spiro atoms. The molecule has 0 saturated carbocycles. The summed E-state index contributed by atoms with van der Waals surface area (Å²) in [5, 5.41) is 9.52. The Morgan fingerprint density at radius 2 is 0.717 bits per heavy atom. The summed E-state index contributed by atoms with van der Waals surface area (Å²) in [7, 11) is -5.85. The summed E-state index contributed by atoms with van der Waals surface area (Å²) < 4.78 is 87.9. The molecular formula is C38H58N6O6S3. The van der Waals surface area contributed by atoms with Gasteiger partial charge in [-0.25, -0.2) is 25.3 Å². The fraction of sp³-hybridized carbons (Fsp3) is 0.526. The number of hydrogen-bond acceptors (Lipinski definition) is 9. The van der Waals surface area contributed by atoms with E-state index >= 15 is 0 Å². The fourth-order valence-corrected chi connectivity index (χ4v) is 11.2. The van der Waals surface area contributed by atoms with Crippen LogP contribution >= 0.6 is 0 Å². The molecule has 0 aliphatic carbocycles. The topological polar surface area (TPSA) is 148 Å². The zero-order chi connectivity index (χ0) is 39.0. The van der Waals surface area contributed by atoms with Gasteiger partial charge in [0, 0.05) is 77.5 Å². The molecule has 0 fully saturated rings. The van der Waals surface area contributed by atoms with Gasteiger partial charge in [0.2, 0.25) is 30.1 Å². The Balaban J connectivity index is 1.98. The maximum atomic E-state index is 14.1. The van der Waals surface area contributed by atoms with Crippen molar-refractivity contribution in [1.29, 1.82) is 0 Å². The Kier molecular flexibility index (Phi) is 14.8. The Bertz CT molecular complexity index is 1920. The number of rotatable bonds is 13. The van der Waals surface area contributed by atoms with Gasteiger partial charge in [0.1, 0.15) is 0 Å². The lowest BCUT2D eigenvalue weighted by atomic mass is 10.1. The van der Waals surface area contributed by atoms with Crippen molar-refractivity contribution in [3.8, 4) is 0 Å². The average molecular weight is 791 g/mol. The molecule has 0 aromatic heterocycles. The second-order valence-electron chi connectivity index (χ2n) is 14.3. The molecule has 3 N–H and O–H groups in total. The van der Waals surface area contributed by atoms with Gasteiger partial charge in [-0.05, 0) is 95.0 Å². The SMILES string of the molecule is CCCS(=O)(=O)N1Cc2cc(cc(NC)c2)CN(S(=O)(=O)CCC)Cc2cc(cc(NC)c2)CN(S(=O)(=O)CCC(C)C)Cc2cc(cc(NC)c2)C1. The van der Waals surface area contributed by atoms with Crippen molar-refractivity contribution in [2.24, 2.45) is 5.92 Å². The number of fused-ring (bicyclic) bond motifs is 6. The molecule has 294 valence electrons. The zero-order valence-corrected chi connectivity index (χ0v) is 34.7. The van der Waals surface area contributed by atoms with Crippen LogP contribution in [0, 0.1) is 5.92 Å². The molecule has 53 heavy (non-hydrogen) atoms. The number of hydrogen-bond donors (Lipinski definition) is 3. The molecule has 4 rings (SSSR count). The van der Waals surface area contributed by atoms with E-state index in [0.717, 1.165) is 28.2 Å². The minimum absolute atomic E-state index is 0.0275. The number of anilines is 3. The van der Waals surface area contributed by atoms with E-state index in [1.165, 1.54) is 12.9 Å². The number of nitrogens with one attached hydrogen (secondary N) is 3. The van der Waals surface area contributed by atoms with E-state index in [9.17, 15) is 25.3 Å². The number of sulfonamides is 3. The molecule has 0 radical (unpaired) electrons. The predicted molar refractivity (Wildman–Crippen MR) is 217 cm³/mol. The van der Waals surface area contributed by atoms with Crippen molar-refractivity contribution in [1.82, 2.24) is 12.9 Å². The van der Waals surface area contributed by atoms with Crippen LogP contribution in [0.25, 0.3) is 0 Å². The van der Waals surface area contributed by atoms with E-state index in [-0.39, 0.29) is 62.4 Å². The molecule has 0 unspecified atom stereocenters. The average Bonchev–Trinajstić information content (AvgIpc) is 3.09. The van der Waals surface area contributed by atoms with Crippen LogP contribution in [0.5, 0.6) is 0 Å². The van der Waals surface area contributed by atoms with Crippen LogP contribution in [0.4, 0.5) is 17.1 Å². The summed E-state index contributed by atoms with van der Waals surface area (Å²) in [4.78, 5) is 0. The third-order valence-electron chi connectivity index (χ3n) is 9.23. The first-order valence-electron chi connectivity index (χ1n) is 18.4. The van der Waals surface area contributed by atoms with Crippen LogP contribution in [0.2, 0.25) is 0 Å². The number of benzene rings is 3. The normalized spacial score (nSPS) is 15.8. The van der Waals surface area contributed by atoms with Gasteiger partial charge in [-0.1, -0.05) is 45.9 Å². The monoisotopic (exact) mass is 790 g/mol. The summed E-state index contributed by atoms with van der Waals surface area (Å²) in [5.41, 5.74) is 6.52. The summed E-state index contributed by atoms with van der Waals surface area (Å²) in [6.45, 7) is 8.02. The lowest BCUT2D eigenvalue weighted by molar-refractivity contribution is 0.390. The molecule has 15 heteroatoms. The largest absolute Gasteiger partial charge is 0.388 e. The van der Waals surface area contributed by atoms with E-state index in [1.54, 1.807) is 21.1 Å². The minimum Gasteiger partial charge on any atom is -0.388 e. The summed E-state index contributed by atoms with van der Waals surface area (Å²) in [6.07, 6.45) is 1.36. The third kappa shape index (κ3) is 11.9. The van der Waals surface area contributed by atoms with Gasteiger partial charge in [-0.3, -0.25) is 0 Å². The highest BCUT2D eigenvalue weighted by Gasteiger charge is 2.28. The molecule has 1 aliphatic rings. The molecule has 12 nitrogen and oxygen atoms in total. The number of nitrogens with zero attached hydrogens (tertiary/aromatic N) is 3. The van der Waals surface area contributed by atoms with E-state index in [2.05, 4.69) is 16.0 Å². The Hall–Kier alpha value is -3.21. The van der Waals surface area contributed by atoms with Crippen LogP contribution in [-0.4, -0.2) is 76.6 Å². The maximum absolute atomic E-state index is 14.1. The second kappa shape index (κ2) is 18.4. The van der Waals surface area contributed by atoms with Crippen molar-refractivity contribution in [3.05, 3.63) is 88.0 Å². The predicted octanol–water partition coefficient (Wildman–Crippen LogP) is 5.99. The van der Waals surface area contributed by atoms with Crippen LogP contribution in [-0.2, 0) is 69.3 Å². The second-order valence-corrected chi connectivity index (χ2v) is 20.6. The van der Waals surface area contributed by atoms with E-state index in [0.29, 0.717) is 41.5 Å². The van der Waals surface area contributed by atoms with Crippen LogP contribution < -0.4 is 16.0 Å². The van der Waals surface area contributed by atoms with Crippen molar-refractivity contribution in [2.45, 2.75) is 86.2 Å². The van der Waals surface area contributed by atoms with Gasteiger partial charge in [-0.15, -0.1) is 0 Å². The highest BCUT2D eigenvalue weighted by molar-refractivity contribution is 7.89. The Labute approximate surface area is 318 Å². The fourth-order valence-electron chi connectivity index (χ4n) is 6.54. The summed E-state index contributed by atoms with van der Waals surface area (Å²) >= 11 is 0. The van der Waals surface area contributed by atoms with E-state index < -0.39 is 30.1 Å². The maximum Gasteiger partial charge on any atom is 0.214 e. The molecule has 3 aromatic carbocycles. The van der Waals surface area contributed by atoms with Crippen molar-refractivity contribution < 1.29 is 25.3 Å². The molecule has 0 amide bonds. The van der Waals surface area contributed by atoms with Crippen molar-refractivity contribution >= 4 is 47.1 Å². The first-order valence-corrected chi connectivity index (χ1v) is 23.2. The Morgan fingerprint density at radius 3 is 0.925 bits per heavy atom. The van der Waals surface area contributed by atoms with Gasteiger partial charge in [0.25, 0.3) is 0 Å². The van der Waals surface area contributed by atoms with Crippen LogP contribution in [0.1, 0.15) is 80.3 Å². The van der Waals surface area contributed by atoms with Crippen LogP contribution in [0.15, 0.2) is 54.6 Å². The molecule has 1 aliphatic heterocycles. The minimum atomic E-state index is -3.76. The van der Waals surface area contributed by atoms with E-state index in [1.807, 2.05) is 82.3 Å². The molecular weight excluding hydrogens is 733 g/mol. The lowest BCUT2D eigenvalue weighted by Crippen LogP contribution is -2.34. The molecule has 1 heterocycles. The standard InChI is InChI=1S/C38H58N6O6S3/c1-8-11-51(45,46)42-23-30-14-31(18-36(17-30)39-5)24-43(52(47,48)12-9-2)26-33-16-35(22-38(20-33)41-7)28-44(53(49,50)13-10-29(3)4)27-34-15-32(25-42)19-37(21-34)40-6/h14-22,29,39-41H,8-13,23-28H2,1-7H3. The van der Waals surface area contributed by atoms with Crippen molar-refractivity contribution in [2.75, 3.05) is 54.4 Å². The molecule has 0 atom stereocenters. The van der Waals surface area contributed by atoms with Gasteiger partial charge in [0.05, 0.1) is 17.3 Å². The molecule has 0 saturated heterocycles. The highest BCUT2D eigenvalue weighted by Crippen LogP contribution is 2.28. The third-order valence-corrected chi connectivity index (χ3v) is 15.0. The van der Waals surface area contributed by atoms with Crippen molar-refractivity contribution in [3.63, 3.8) is 0 Å². The van der Waals surface area contributed by atoms with Gasteiger partial charge >= 0.3 is 0 Å². The molecule has 6 bridgehead atoms. The molecule has 3 aromatic rings. The summed E-state index contributed by atoms with van der Waals surface area (Å²) in [5.74, 6) is 0.0720. The smallest absolute Gasteiger partial charge is 0.214 e. The zero-order valence-electron chi connectivity index (χ0n) is 32.3. The Morgan fingerprint density at radius 1 is 0.472 bits per heavy atom. The van der Waals surface area contributed by atoms with Crippen LogP contribution in [0.3, 0.4) is 0 Å². The van der Waals surface area contributed by atoms with E-state index in [4.69, 9.17) is 0 Å².